The Morgan fingerprint density at radius 3 is 1.06 bits per heavy atom. The second-order valence-electron chi connectivity index (χ2n) is 4.36. The molecular weight excluding hydrogens is 428 g/mol. The summed E-state index contributed by atoms with van der Waals surface area (Å²) < 4.78 is 0. The highest BCUT2D eigenvalue weighted by atomic mass is 128. The Hall–Kier alpha value is 1.34. The largest absolute Gasteiger partial charge is 0.310 e. The average molecular weight is 457 g/mol. The fraction of sp³-hybridized carbons (Fsp3) is 1.00. The molecule has 16 heavy (non-hydrogen) atoms. The highest BCUT2D eigenvalue weighted by Gasteiger charge is 1.90. The van der Waals surface area contributed by atoms with Gasteiger partial charge in [-0.25, -0.2) is 0 Å². The van der Waals surface area contributed by atoms with Gasteiger partial charge in [-0.1, -0.05) is 6.92 Å². The van der Waals surface area contributed by atoms with E-state index in [1.165, 1.54) is 19.5 Å². The van der Waals surface area contributed by atoms with Crippen LogP contribution in [0.4, 0.5) is 0 Å². The Morgan fingerprint density at radius 2 is 0.938 bits per heavy atom. The molecule has 0 aromatic heterocycles. The van der Waals surface area contributed by atoms with E-state index in [1.807, 2.05) is 0 Å². The van der Waals surface area contributed by atoms with Crippen LogP contribution >= 0.6 is 37.2 Å². The van der Waals surface area contributed by atoms with E-state index in [-0.39, 0.29) is 0 Å². The Bertz CT molecular complexity index is 101. The molecule has 0 aliphatic rings. The molecule has 0 unspecified atom stereocenters. The molecule has 102 valence electrons. The molecule has 5 heteroatoms. The molecule has 0 saturated heterocycles. The van der Waals surface area contributed by atoms with Crippen molar-refractivity contribution in [3.63, 3.8) is 0 Å². The first-order valence-corrected chi connectivity index (χ1v) is 11.8. The molecule has 0 heterocycles. The molecule has 3 nitrogen and oxygen atoms in total. The normalized spacial score (nSPS) is 9.75. The lowest BCUT2D eigenvalue weighted by Crippen LogP contribution is -2.20. The van der Waals surface area contributed by atoms with Crippen molar-refractivity contribution < 1.29 is 0 Å². The first kappa shape index (κ1) is 22.5. The zero-order valence-electron chi connectivity index (χ0n) is 11.9. The Morgan fingerprint density at radius 1 is 0.688 bits per heavy atom. The van der Waals surface area contributed by atoms with Gasteiger partial charge in [-0.3, -0.25) is 0 Å². The fourth-order valence-electron chi connectivity index (χ4n) is 0.703. The zero-order valence-corrected chi connectivity index (χ0v) is 16.2. The first-order valence-electron chi connectivity index (χ1n) is 5.48. The van der Waals surface area contributed by atoms with E-state index in [9.17, 15) is 0 Å². The highest BCUT2D eigenvalue weighted by Crippen LogP contribution is 1.89. The fourth-order valence-corrected chi connectivity index (χ4v) is 0.703. The molecule has 0 rings (SSSR count). The minimum absolute atomic E-state index is 1.14. The van der Waals surface area contributed by atoms with Gasteiger partial charge in [0, 0.05) is 37.2 Å². The molecule has 0 aromatic carbocycles. The number of hydrogen-bond acceptors (Lipinski definition) is 3. The summed E-state index contributed by atoms with van der Waals surface area (Å²) in [6.45, 7) is 5.65. The predicted octanol–water partition coefficient (Wildman–Crippen LogP) is 2.84. The van der Waals surface area contributed by atoms with Crippen molar-refractivity contribution in [3.8, 4) is 0 Å². The van der Waals surface area contributed by atoms with Crippen molar-refractivity contribution in [1.82, 2.24) is 14.7 Å². The standard InChI is InChI=1S/C7H18N2.C4H11N.I2/c1-8(2)6-5-7-9(3)4;1-4-5(2)3;1-2/h5-7H2,1-4H3;4H2,1-3H3;. The Labute approximate surface area is 126 Å². The molecule has 0 amide bonds. The van der Waals surface area contributed by atoms with Crippen LogP contribution in [0.5, 0.6) is 0 Å². The van der Waals surface area contributed by atoms with Crippen molar-refractivity contribution in [2.45, 2.75) is 13.3 Å². The maximum atomic E-state index is 2.21. The molecular formula is C11H29I2N3. The van der Waals surface area contributed by atoms with Crippen LogP contribution in [0.3, 0.4) is 0 Å². The van der Waals surface area contributed by atoms with Gasteiger partial charge >= 0.3 is 0 Å². The van der Waals surface area contributed by atoms with Crippen molar-refractivity contribution in [2.75, 3.05) is 61.9 Å². The molecule has 0 spiro atoms. The second kappa shape index (κ2) is 18.7. The minimum Gasteiger partial charge on any atom is -0.310 e. The van der Waals surface area contributed by atoms with Gasteiger partial charge in [0.2, 0.25) is 0 Å². The Kier molecular flexibility index (Phi) is 26.3. The highest BCUT2D eigenvalue weighted by molar-refractivity contribution is 15.0. The van der Waals surface area contributed by atoms with E-state index >= 15 is 0 Å². The minimum atomic E-state index is 1.14. The van der Waals surface area contributed by atoms with Crippen LogP contribution in [0.1, 0.15) is 13.3 Å². The molecule has 0 atom stereocenters. The molecule has 0 bridgehead atoms. The molecule has 0 N–H and O–H groups in total. The smallest absolute Gasteiger partial charge is 0 e. The lowest BCUT2D eigenvalue weighted by atomic mass is 10.4. The van der Waals surface area contributed by atoms with Gasteiger partial charge in [-0.2, -0.15) is 0 Å². The third-order valence-corrected chi connectivity index (χ3v) is 1.84. The van der Waals surface area contributed by atoms with Crippen molar-refractivity contribution in [1.29, 1.82) is 0 Å². The number of nitrogens with zero attached hydrogens (tertiary/aromatic N) is 3. The van der Waals surface area contributed by atoms with Crippen molar-refractivity contribution in [3.05, 3.63) is 0 Å². The lowest BCUT2D eigenvalue weighted by Gasteiger charge is -2.12. The maximum absolute atomic E-state index is 2.21. The topological polar surface area (TPSA) is 9.72 Å². The predicted molar refractivity (Wildman–Crippen MR) is 94.0 cm³/mol. The summed E-state index contributed by atoms with van der Waals surface area (Å²) in [5.41, 5.74) is 0. The van der Waals surface area contributed by atoms with E-state index in [1.54, 1.807) is 0 Å². The Balaban J connectivity index is -0.000000205. The van der Waals surface area contributed by atoms with Crippen molar-refractivity contribution >= 4 is 37.2 Å². The summed E-state index contributed by atoms with van der Waals surface area (Å²) in [4.78, 5) is 6.55. The van der Waals surface area contributed by atoms with E-state index in [2.05, 4.69) is 101 Å². The third kappa shape index (κ3) is 36.2. The van der Waals surface area contributed by atoms with Crippen LogP contribution < -0.4 is 0 Å². The van der Waals surface area contributed by atoms with Gasteiger partial charge < -0.3 is 14.7 Å². The van der Waals surface area contributed by atoms with E-state index < -0.39 is 0 Å². The maximum Gasteiger partial charge on any atom is 0 e. The van der Waals surface area contributed by atoms with Gasteiger partial charge in [0.25, 0.3) is 0 Å². The molecule has 0 aliphatic heterocycles. The summed E-state index contributed by atoms with van der Waals surface area (Å²) in [5, 5.41) is 0. The molecule has 0 fully saturated rings. The summed E-state index contributed by atoms with van der Waals surface area (Å²) in [7, 11) is 12.5. The number of rotatable bonds is 5. The van der Waals surface area contributed by atoms with Crippen LogP contribution in [0.25, 0.3) is 0 Å². The average Bonchev–Trinajstić information content (AvgIpc) is 2.20. The van der Waals surface area contributed by atoms with Crippen LogP contribution in [0.2, 0.25) is 0 Å². The molecule has 0 radical (unpaired) electrons. The van der Waals surface area contributed by atoms with Crippen LogP contribution in [0.15, 0.2) is 0 Å². The first-order chi connectivity index (χ1) is 7.40. The van der Waals surface area contributed by atoms with Gasteiger partial charge in [0.15, 0.2) is 0 Å². The molecule has 0 aromatic rings. The quantitative estimate of drug-likeness (QED) is 0.589. The number of hydrogen-bond donors (Lipinski definition) is 0. The summed E-state index contributed by atoms with van der Waals surface area (Å²) in [5.74, 6) is 0. The van der Waals surface area contributed by atoms with Gasteiger partial charge in [-0.15, -0.1) is 0 Å². The second-order valence-corrected chi connectivity index (χ2v) is 4.36. The number of halogens is 2. The molecule has 0 saturated carbocycles. The van der Waals surface area contributed by atoms with Crippen molar-refractivity contribution in [2.24, 2.45) is 0 Å². The zero-order chi connectivity index (χ0) is 13.6. The SMILES string of the molecule is CCN(C)C.CN(C)CCCN(C)C.II. The van der Waals surface area contributed by atoms with Crippen LogP contribution in [0, 0.1) is 0 Å². The van der Waals surface area contributed by atoms with Gasteiger partial charge in [0.05, 0.1) is 0 Å². The van der Waals surface area contributed by atoms with Gasteiger partial charge in [-0.05, 0) is 68.3 Å². The monoisotopic (exact) mass is 457 g/mol. The summed E-state index contributed by atoms with van der Waals surface area (Å²) >= 11 is 4.24. The van der Waals surface area contributed by atoms with Crippen LogP contribution in [-0.4, -0.2) is 76.6 Å². The van der Waals surface area contributed by atoms with Crippen LogP contribution in [-0.2, 0) is 0 Å². The summed E-state index contributed by atoms with van der Waals surface area (Å²) in [6.07, 6.45) is 1.26. The van der Waals surface area contributed by atoms with E-state index in [0.29, 0.717) is 0 Å². The van der Waals surface area contributed by atoms with E-state index in [4.69, 9.17) is 0 Å². The lowest BCUT2D eigenvalue weighted by molar-refractivity contribution is 0.340. The third-order valence-electron chi connectivity index (χ3n) is 1.84. The summed E-state index contributed by atoms with van der Waals surface area (Å²) in [6, 6.07) is 0. The molecule has 0 aliphatic carbocycles. The van der Waals surface area contributed by atoms with Gasteiger partial charge in [0.1, 0.15) is 0 Å². The van der Waals surface area contributed by atoms with E-state index in [0.717, 1.165) is 6.54 Å².